The van der Waals surface area contributed by atoms with Gasteiger partial charge >= 0.3 is 0 Å². The summed E-state index contributed by atoms with van der Waals surface area (Å²) < 4.78 is 14.9. The van der Waals surface area contributed by atoms with Gasteiger partial charge in [-0.25, -0.2) is 9.07 Å². The molecule has 3 aromatic rings. The second-order valence-electron chi connectivity index (χ2n) is 6.32. The molecule has 0 saturated carbocycles. The van der Waals surface area contributed by atoms with Crippen LogP contribution in [-0.4, -0.2) is 20.6 Å². The second-order valence-corrected chi connectivity index (χ2v) is 7.30. The number of hydrogen-bond acceptors (Lipinski definition) is 5. The number of nitro benzene ring substituents is 1. The van der Waals surface area contributed by atoms with Crippen molar-refractivity contribution in [3.05, 3.63) is 80.8 Å². The lowest BCUT2D eigenvalue weighted by Gasteiger charge is -2.12. The number of nitro groups is 1. The summed E-state index contributed by atoms with van der Waals surface area (Å²) in [7, 11) is 0. The number of fused-ring (bicyclic) bond motifs is 1. The molecular formula is C19H15FN4O3S. The number of benzene rings is 2. The largest absolute Gasteiger partial charge is 0.306 e. The Kier molecular flexibility index (Phi) is 4.60. The molecule has 0 bridgehead atoms. The number of carbonyl (C=O) groups excluding carboxylic acids is 1. The molecule has 0 unspecified atom stereocenters. The molecule has 1 aliphatic rings. The minimum absolute atomic E-state index is 0.111. The lowest BCUT2D eigenvalue weighted by Crippen LogP contribution is -2.17. The van der Waals surface area contributed by atoms with E-state index in [2.05, 4.69) is 10.4 Å². The molecule has 1 N–H and O–H groups in total. The van der Waals surface area contributed by atoms with E-state index < -0.39 is 10.8 Å². The van der Waals surface area contributed by atoms with Crippen molar-refractivity contribution >= 4 is 29.2 Å². The Labute approximate surface area is 163 Å². The van der Waals surface area contributed by atoms with Gasteiger partial charge in [-0.15, -0.1) is 0 Å². The number of thioether (sulfide) groups is 1. The van der Waals surface area contributed by atoms with Crippen molar-refractivity contribution in [2.45, 2.75) is 18.4 Å². The molecule has 28 heavy (non-hydrogen) atoms. The molecule has 4 rings (SSSR count). The summed E-state index contributed by atoms with van der Waals surface area (Å²) in [4.78, 5) is 23.6. The molecule has 1 aromatic heterocycles. The molecule has 1 aliphatic heterocycles. The Morgan fingerprint density at radius 1 is 1.25 bits per heavy atom. The molecule has 7 nitrogen and oxygen atoms in total. The fourth-order valence-corrected chi connectivity index (χ4v) is 4.19. The van der Waals surface area contributed by atoms with Crippen LogP contribution in [0.5, 0.6) is 0 Å². The van der Waals surface area contributed by atoms with E-state index in [9.17, 15) is 19.3 Å². The second kappa shape index (κ2) is 7.08. The lowest BCUT2D eigenvalue weighted by molar-refractivity contribution is -0.385. The van der Waals surface area contributed by atoms with Gasteiger partial charge in [0, 0.05) is 34.3 Å². The van der Waals surface area contributed by atoms with E-state index in [1.165, 1.54) is 24.3 Å². The zero-order valence-electron chi connectivity index (χ0n) is 14.8. The Hall–Kier alpha value is -3.20. The topological polar surface area (TPSA) is 90.1 Å². The molecule has 0 aliphatic carbocycles. The van der Waals surface area contributed by atoms with Crippen molar-refractivity contribution in [3.63, 3.8) is 0 Å². The number of amides is 1. The normalized spacial score (nSPS) is 12.6. The third-order valence-electron chi connectivity index (χ3n) is 4.60. The highest BCUT2D eigenvalue weighted by molar-refractivity contribution is 7.98. The fraction of sp³-hybridized carbons (Fsp3) is 0.158. The van der Waals surface area contributed by atoms with Crippen LogP contribution in [0.25, 0.3) is 5.69 Å². The zero-order valence-corrected chi connectivity index (χ0v) is 15.6. The highest BCUT2D eigenvalue weighted by Gasteiger charge is 2.26. The van der Waals surface area contributed by atoms with E-state index in [1.807, 2.05) is 0 Å². The summed E-state index contributed by atoms with van der Waals surface area (Å²) in [5, 5.41) is 18.6. The van der Waals surface area contributed by atoms with Gasteiger partial charge < -0.3 is 5.32 Å². The summed E-state index contributed by atoms with van der Waals surface area (Å²) in [6.07, 6.45) is 0. The van der Waals surface area contributed by atoms with E-state index in [0.29, 0.717) is 22.8 Å². The predicted molar refractivity (Wildman–Crippen MR) is 104 cm³/mol. The maximum Gasteiger partial charge on any atom is 0.273 e. The summed E-state index contributed by atoms with van der Waals surface area (Å²) >= 11 is 1.69. The SMILES string of the molecule is Cc1c(C(=O)Nc2c3c(nn2-c2ccc(F)cc2)CSC3)cccc1[N+](=O)[O-]. The highest BCUT2D eigenvalue weighted by atomic mass is 32.2. The van der Waals surface area contributed by atoms with Crippen LogP contribution in [-0.2, 0) is 11.5 Å². The molecular weight excluding hydrogens is 383 g/mol. The Morgan fingerprint density at radius 3 is 2.71 bits per heavy atom. The van der Waals surface area contributed by atoms with Gasteiger partial charge in [-0.1, -0.05) is 6.07 Å². The van der Waals surface area contributed by atoms with E-state index >= 15 is 0 Å². The third kappa shape index (κ3) is 3.13. The fourth-order valence-electron chi connectivity index (χ4n) is 3.15. The molecule has 2 aromatic carbocycles. The maximum absolute atomic E-state index is 13.3. The van der Waals surface area contributed by atoms with Gasteiger partial charge in [0.05, 0.1) is 16.3 Å². The summed E-state index contributed by atoms with van der Waals surface area (Å²) in [5.74, 6) is 1.10. The van der Waals surface area contributed by atoms with Gasteiger partial charge in [0.25, 0.3) is 11.6 Å². The van der Waals surface area contributed by atoms with Gasteiger partial charge in [0.15, 0.2) is 0 Å². The first-order valence-electron chi connectivity index (χ1n) is 8.45. The summed E-state index contributed by atoms with van der Waals surface area (Å²) in [5.41, 5.74) is 2.79. The first-order chi connectivity index (χ1) is 13.5. The first kappa shape index (κ1) is 18.2. The lowest BCUT2D eigenvalue weighted by atomic mass is 10.1. The van der Waals surface area contributed by atoms with Gasteiger partial charge in [-0.2, -0.15) is 16.9 Å². The van der Waals surface area contributed by atoms with Crippen LogP contribution < -0.4 is 5.32 Å². The molecule has 0 radical (unpaired) electrons. The molecule has 142 valence electrons. The zero-order chi connectivity index (χ0) is 19.8. The predicted octanol–water partition coefficient (Wildman–Crippen LogP) is 4.23. The minimum Gasteiger partial charge on any atom is -0.306 e. The van der Waals surface area contributed by atoms with E-state index in [0.717, 1.165) is 17.0 Å². The highest BCUT2D eigenvalue weighted by Crippen LogP contribution is 2.36. The van der Waals surface area contributed by atoms with Gasteiger partial charge in [0.2, 0.25) is 0 Å². The van der Waals surface area contributed by atoms with E-state index in [4.69, 9.17) is 0 Å². The van der Waals surface area contributed by atoms with Crippen molar-refractivity contribution in [1.29, 1.82) is 0 Å². The average molecular weight is 398 g/mol. The Morgan fingerprint density at radius 2 is 2.00 bits per heavy atom. The Balaban J connectivity index is 1.74. The van der Waals surface area contributed by atoms with Crippen LogP contribution in [0.4, 0.5) is 15.9 Å². The number of carbonyl (C=O) groups is 1. The molecule has 0 atom stereocenters. The maximum atomic E-state index is 13.3. The van der Waals surface area contributed by atoms with Crippen molar-refractivity contribution in [2.24, 2.45) is 0 Å². The van der Waals surface area contributed by atoms with Crippen LogP contribution in [0.3, 0.4) is 0 Å². The number of anilines is 1. The number of aromatic nitrogens is 2. The van der Waals surface area contributed by atoms with Crippen molar-refractivity contribution < 1.29 is 14.1 Å². The smallest absolute Gasteiger partial charge is 0.273 e. The van der Waals surface area contributed by atoms with Crippen molar-refractivity contribution in [1.82, 2.24) is 9.78 Å². The van der Waals surface area contributed by atoms with Gasteiger partial charge in [-0.05, 0) is 37.3 Å². The minimum atomic E-state index is -0.511. The number of hydrogen-bond donors (Lipinski definition) is 1. The number of nitrogens with one attached hydrogen (secondary N) is 1. The first-order valence-corrected chi connectivity index (χ1v) is 9.61. The van der Waals surface area contributed by atoms with Crippen LogP contribution in [0, 0.1) is 22.9 Å². The van der Waals surface area contributed by atoms with Crippen LogP contribution >= 0.6 is 11.8 Å². The third-order valence-corrected chi connectivity index (χ3v) is 5.57. The molecule has 0 fully saturated rings. The molecule has 0 spiro atoms. The van der Waals surface area contributed by atoms with Crippen molar-refractivity contribution in [3.8, 4) is 5.69 Å². The average Bonchev–Trinajstić information content (AvgIpc) is 3.25. The standard InChI is InChI=1S/C19H15FN4O3S/c1-11-14(3-2-4-17(11)24(26)27)19(25)21-18-15-9-28-10-16(15)22-23(18)13-7-5-12(20)6-8-13/h2-8H,9-10H2,1H3,(H,21,25). The van der Waals surface area contributed by atoms with Crippen molar-refractivity contribution in [2.75, 3.05) is 5.32 Å². The quantitative estimate of drug-likeness (QED) is 0.525. The Bertz CT molecular complexity index is 1100. The van der Waals surface area contributed by atoms with E-state index in [1.54, 1.807) is 41.6 Å². The van der Waals surface area contributed by atoms with Crippen LogP contribution in [0.15, 0.2) is 42.5 Å². The van der Waals surface area contributed by atoms with E-state index in [-0.39, 0.29) is 17.1 Å². The van der Waals surface area contributed by atoms with Crippen LogP contribution in [0.2, 0.25) is 0 Å². The number of rotatable bonds is 4. The molecule has 2 heterocycles. The molecule has 9 heteroatoms. The van der Waals surface area contributed by atoms with Crippen LogP contribution in [0.1, 0.15) is 27.2 Å². The monoisotopic (exact) mass is 398 g/mol. The molecule has 0 saturated heterocycles. The summed E-state index contributed by atoms with van der Waals surface area (Å²) in [6, 6.07) is 10.2. The summed E-state index contributed by atoms with van der Waals surface area (Å²) in [6.45, 7) is 1.55. The van der Waals surface area contributed by atoms with Gasteiger partial charge in [-0.3, -0.25) is 14.9 Å². The molecule has 1 amide bonds. The van der Waals surface area contributed by atoms with Gasteiger partial charge in [0.1, 0.15) is 11.6 Å². The number of nitrogens with zero attached hydrogens (tertiary/aromatic N) is 3. The number of halogens is 1.